The average Bonchev–Trinajstić information content (AvgIpc) is 3.09. The van der Waals surface area contributed by atoms with E-state index in [-0.39, 0.29) is 18.8 Å². The number of ether oxygens (including phenoxy) is 2. The molecular formula is C22H29FN3O9P. The number of rotatable bonds is 10. The number of esters is 1. The molecule has 36 heavy (non-hydrogen) atoms. The molecular weight excluding hydrogens is 500 g/mol. The number of H-pyrrole nitrogens is 1. The number of hydrogen-bond acceptors (Lipinski definition) is 9. The van der Waals surface area contributed by atoms with E-state index in [4.69, 9.17) is 18.5 Å². The molecule has 1 saturated heterocycles. The van der Waals surface area contributed by atoms with E-state index in [1.807, 2.05) is 4.98 Å². The predicted octanol–water partition coefficient (Wildman–Crippen LogP) is 1.63. The molecule has 0 saturated carbocycles. The number of benzene rings is 1. The molecule has 198 valence electrons. The van der Waals surface area contributed by atoms with Crippen molar-refractivity contribution in [1.82, 2.24) is 14.6 Å². The number of nitrogens with one attached hydrogen (secondary N) is 2. The van der Waals surface area contributed by atoms with Crippen LogP contribution in [0, 0.1) is 5.82 Å². The van der Waals surface area contributed by atoms with E-state index in [0.717, 1.165) is 4.57 Å². The number of para-hydroxylation sites is 1. The van der Waals surface area contributed by atoms with Crippen LogP contribution < -0.4 is 20.9 Å². The Balaban J connectivity index is 1.81. The van der Waals surface area contributed by atoms with Crippen molar-refractivity contribution in [3.8, 4) is 5.75 Å². The summed E-state index contributed by atoms with van der Waals surface area (Å²) in [6.45, 7) is 5.51. The van der Waals surface area contributed by atoms with Crippen LogP contribution in [0.25, 0.3) is 0 Å². The van der Waals surface area contributed by atoms with Gasteiger partial charge in [-0.15, -0.1) is 0 Å². The number of hydrogen-bond donors (Lipinski definition) is 3. The van der Waals surface area contributed by atoms with E-state index >= 15 is 0 Å². The number of halogens is 1. The van der Waals surface area contributed by atoms with Gasteiger partial charge >= 0.3 is 19.4 Å². The third-order valence-corrected chi connectivity index (χ3v) is 7.18. The van der Waals surface area contributed by atoms with Gasteiger partial charge in [-0.05, 0) is 39.8 Å². The van der Waals surface area contributed by atoms with Crippen LogP contribution in [0.5, 0.6) is 5.75 Å². The van der Waals surface area contributed by atoms with E-state index < -0.39 is 60.9 Å². The van der Waals surface area contributed by atoms with Crippen LogP contribution in [0.3, 0.4) is 0 Å². The molecule has 0 spiro atoms. The van der Waals surface area contributed by atoms with E-state index in [9.17, 15) is 28.4 Å². The Hall–Kier alpha value is -2.83. The van der Waals surface area contributed by atoms with Crippen molar-refractivity contribution >= 4 is 13.7 Å². The second-order valence-electron chi connectivity index (χ2n) is 8.86. The number of aliphatic hydroxyl groups excluding tert-OH is 1. The highest BCUT2D eigenvalue weighted by Crippen LogP contribution is 2.47. The van der Waals surface area contributed by atoms with Gasteiger partial charge in [0.25, 0.3) is 5.56 Å². The largest absolute Gasteiger partial charge is 0.465 e. The van der Waals surface area contributed by atoms with Gasteiger partial charge in [0.2, 0.25) is 5.82 Å². The van der Waals surface area contributed by atoms with Gasteiger partial charge in [-0.25, -0.2) is 9.36 Å². The Morgan fingerprint density at radius 1 is 1.36 bits per heavy atom. The summed E-state index contributed by atoms with van der Waals surface area (Å²) < 4.78 is 50.3. The Kier molecular flexibility index (Phi) is 8.21. The first-order chi connectivity index (χ1) is 16.8. The lowest BCUT2D eigenvalue weighted by Gasteiger charge is -2.30. The first-order valence-corrected chi connectivity index (χ1v) is 12.7. The van der Waals surface area contributed by atoms with E-state index in [0.29, 0.717) is 6.20 Å². The Morgan fingerprint density at radius 2 is 2.03 bits per heavy atom. The molecule has 2 unspecified atom stereocenters. The Labute approximate surface area is 205 Å². The normalized spacial score (nSPS) is 23.7. The highest BCUT2D eigenvalue weighted by molar-refractivity contribution is 7.52. The number of aliphatic hydroxyl groups is 1. The number of carbonyl (C=O) groups is 1. The summed E-state index contributed by atoms with van der Waals surface area (Å²) in [5.74, 6) is -1.73. The summed E-state index contributed by atoms with van der Waals surface area (Å²) in [6.07, 6.45) is -1.83. The van der Waals surface area contributed by atoms with Gasteiger partial charge < -0.3 is 19.1 Å². The number of aromatic amines is 1. The molecule has 3 rings (SSSR count). The van der Waals surface area contributed by atoms with Crippen LogP contribution in [0.4, 0.5) is 4.39 Å². The van der Waals surface area contributed by atoms with Gasteiger partial charge in [0.15, 0.2) is 0 Å². The standard InChI is InChI=1S/C22H29FN3O9P/c1-5-32-19(29)21(2,3)25-36(31,35-14-9-7-6-8-10-14)33-13-17-16(27)11-22(4,34-17)26-12-15(23)18(28)24-20(26)30/h6-10,12,16-17,27H,5,11,13H2,1-4H3,(H,25,31)(H,24,28,30)/t16?,17-,22-,36?/m1/s1. The smallest absolute Gasteiger partial charge is 0.459 e. The quantitative estimate of drug-likeness (QED) is 0.305. The zero-order valence-corrected chi connectivity index (χ0v) is 21.1. The third kappa shape index (κ3) is 6.29. The molecule has 4 atom stereocenters. The molecule has 1 aliphatic rings. The molecule has 12 nitrogen and oxygen atoms in total. The van der Waals surface area contributed by atoms with Crippen molar-refractivity contribution in [2.75, 3.05) is 13.2 Å². The Bertz CT molecular complexity index is 1250. The fourth-order valence-corrected chi connectivity index (χ4v) is 5.33. The molecule has 0 radical (unpaired) electrons. The number of aromatic nitrogens is 2. The minimum absolute atomic E-state index is 0.0973. The van der Waals surface area contributed by atoms with Crippen molar-refractivity contribution in [3.05, 3.63) is 63.2 Å². The van der Waals surface area contributed by atoms with Crippen LogP contribution in [-0.2, 0) is 29.1 Å². The van der Waals surface area contributed by atoms with Crippen molar-refractivity contribution in [3.63, 3.8) is 0 Å². The van der Waals surface area contributed by atoms with E-state index in [1.165, 1.54) is 32.9 Å². The summed E-state index contributed by atoms with van der Waals surface area (Å²) >= 11 is 0. The van der Waals surface area contributed by atoms with E-state index in [1.54, 1.807) is 25.1 Å². The highest BCUT2D eigenvalue weighted by atomic mass is 31.2. The summed E-state index contributed by atoms with van der Waals surface area (Å²) in [4.78, 5) is 37.8. The molecule has 1 aromatic carbocycles. The zero-order valence-electron chi connectivity index (χ0n) is 20.2. The van der Waals surface area contributed by atoms with Crippen LogP contribution in [-0.4, -0.2) is 51.6 Å². The maximum atomic E-state index is 13.8. The maximum Gasteiger partial charge on any atom is 0.459 e. The van der Waals surface area contributed by atoms with Gasteiger partial charge in [-0.3, -0.25) is 23.7 Å². The lowest BCUT2D eigenvalue weighted by atomic mass is 10.1. The fourth-order valence-electron chi connectivity index (χ4n) is 3.64. The number of nitrogens with zero attached hydrogens (tertiary/aromatic N) is 1. The highest BCUT2D eigenvalue weighted by Gasteiger charge is 2.47. The van der Waals surface area contributed by atoms with Gasteiger partial charge in [-0.2, -0.15) is 9.48 Å². The maximum absolute atomic E-state index is 13.8. The topological polar surface area (TPSA) is 158 Å². The number of carbonyl (C=O) groups excluding carboxylic acids is 1. The molecule has 0 amide bonds. The van der Waals surface area contributed by atoms with Crippen molar-refractivity contribution in [2.24, 2.45) is 0 Å². The molecule has 1 aromatic heterocycles. The van der Waals surface area contributed by atoms with Crippen LogP contribution in [0.15, 0.2) is 46.1 Å². The SMILES string of the molecule is CCOC(=O)C(C)(C)NP(=O)(OC[C@H]1O[C@@](C)(n2cc(F)c(=O)[nH]c2=O)CC1O)Oc1ccccc1. The lowest BCUT2D eigenvalue weighted by Crippen LogP contribution is -2.47. The molecule has 1 fully saturated rings. The zero-order chi connectivity index (χ0) is 26.7. The molecule has 2 heterocycles. The van der Waals surface area contributed by atoms with Crippen LogP contribution in [0.2, 0.25) is 0 Å². The van der Waals surface area contributed by atoms with Crippen molar-refractivity contribution in [2.45, 2.75) is 57.6 Å². The summed E-state index contributed by atoms with van der Waals surface area (Å²) in [5, 5.41) is 13.1. The Morgan fingerprint density at radius 3 is 2.67 bits per heavy atom. The van der Waals surface area contributed by atoms with Gasteiger partial charge in [0, 0.05) is 6.42 Å². The molecule has 2 aromatic rings. The van der Waals surface area contributed by atoms with Crippen LogP contribution in [0.1, 0.15) is 34.1 Å². The molecule has 1 aliphatic heterocycles. The van der Waals surface area contributed by atoms with Gasteiger partial charge in [-0.1, -0.05) is 18.2 Å². The van der Waals surface area contributed by atoms with Crippen molar-refractivity contribution < 1.29 is 37.4 Å². The summed E-state index contributed by atoms with van der Waals surface area (Å²) in [7, 11) is -4.27. The van der Waals surface area contributed by atoms with Crippen molar-refractivity contribution in [1.29, 1.82) is 0 Å². The molecule has 14 heteroatoms. The second kappa shape index (κ2) is 10.7. The fraction of sp³-hybridized carbons (Fsp3) is 0.500. The molecule has 3 N–H and O–H groups in total. The van der Waals surface area contributed by atoms with Gasteiger partial charge in [0.05, 0.1) is 25.5 Å². The predicted molar refractivity (Wildman–Crippen MR) is 125 cm³/mol. The summed E-state index contributed by atoms with van der Waals surface area (Å²) in [5.41, 5.74) is -5.15. The minimum atomic E-state index is -4.27. The molecule has 0 bridgehead atoms. The third-order valence-electron chi connectivity index (χ3n) is 5.41. The van der Waals surface area contributed by atoms with Gasteiger partial charge in [0.1, 0.15) is 23.1 Å². The molecule has 0 aliphatic carbocycles. The monoisotopic (exact) mass is 529 g/mol. The van der Waals surface area contributed by atoms with E-state index in [2.05, 4.69) is 5.09 Å². The minimum Gasteiger partial charge on any atom is -0.465 e. The second-order valence-corrected chi connectivity index (χ2v) is 10.5. The first kappa shape index (κ1) is 27.8. The lowest BCUT2D eigenvalue weighted by molar-refractivity contribution is -0.149. The van der Waals surface area contributed by atoms with Crippen LogP contribution >= 0.6 is 7.75 Å². The average molecular weight is 529 g/mol. The summed E-state index contributed by atoms with van der Waals surface area (Å²) in [6, 6.07) is 8.08. The first-order valence-electron chi connectivity index (χ1n) is 11.1.